The van der Waals surface area contributed by atoms with Gasteiger partial charge in [0.25, 0.3) is 0 Å². The zero-order valence-electron chi connectivity index (χ0n) is 18.2. The predicted octanol–water partition coefficient (Wildman–Crippen LogP) is 3.82. The lowest BCUT2D eigenvalue weighted by atomic mass is 10.2. The quantitative estimate of drug-likeness (QED) is 0.626. The van der Waals surface area contributed by atoms with E-state index in [1.807, 2.05) is 0 Å². The number of ether oxygens (including phenoxy) is 1. The predicted molar refractivity (Wildman–Crippen MR) is 126 cm³/mol. The Morgan fingerprint density at radius 3 is 2.20 bits per heavy atom. The van der Waals surface area contributed by atoms with Gasteiger partial charge in [0.15, 0.2) is 0 Å². The Morgan fingerprint density at radius 2 is 1.47 bits per heavy atom. The highest BCUT2D eigenvalue weighted by Gasteiger charge is 2.24. The van der Waals surface area contributed by atoms with Gasteiger partial charge >= 0.3 is 0 Å². The average molecular weight is 426 g/mol. The molecule has 0 saturated carbocycles. The van der Waals surface area contributed by atoms with Crippen LogP contribution < -0.4 is 0 Å². The molecule has 162 valence electrons. The van der Waals surface area contributed by atoms with E-state index in [0.29, 0.717) is 6.10 Å². The highest BCUT2D eigenvalue weighted by molar-refractivity contribution is 7.98. The summed E-state index contributed by atoms with van der Waals surface area (Å²) in [6.07, 6.45) is 3.58. The monoisotopic (exact) mass is 425 g/mol. The molecular weight excluding hydrogens is 390 g/mol. The number of piperazine rings is 1. The normalized spacial score (nSPS) is 22.1. The second kappa shape index (κ2) is 11.3. The standard InChI is InChI=1S/C25H35N3OS/c1-30-25-10-8-23(9-11-25)18-26-13-15-27(16-14-26)20-24-21-28(12-5-17-29-24)19-22-6-3-2-4-7-22/h2-4,6-11,24H,5,12-21H2,1H3. The van der Waals surface area contributed by atoms with E-state index in [9.17, 15) is 0 Å². The molecule has 5 heteroatoms. The molecule has 2 aromatic rings. The van der Waals surface area contributed by atoms with Crippen LogP contribution in [0.4, 0.5) is 0 Å². The smallest absolute Gasteiger partial charge is 0.0828 e. The van der Waals surface area contributed by atoms with Crippen LogP contribution in [0, 0.1) is 0 Å². The van der Waals surface area contributed by atoms with Crippen molar-refractivity contribution in [3.63, 3.8) is 0 Å². The Bertz CT molecular complexity index is 747. The second-order valence-corrected chi connectivity index (χ2v) is 9.37. The van der Waals surface area contributed by atoms with Gasteiger partial charge in [0.05, 0.1) is 6.10 Å². The Hall–Kier alpha value is -1.37. The minimum Gasteiger partial charge on any atom is -0.376 e. The van der Waals surface area contributed by atoms with Crippen LogP contribution in [0.5, 0.6) is 0 Å². The van der Waals surface area contributed by atoms with Gasteiger partial charge in [-0.2, -0.15) is 0 Å². The summed E-state index contributed by atoms with van der Waals surface area (Å²) < 4.78 is 6.22. The van der Waals surface area contributed by atoms with E-state index in [1.54, 1.807) is 11.8 Å². The third-order valence-corrected chi connectivity index (χ3v) is 6.92. The van der Waals surface area contributed by atoms with Crippen LogP contribution in [0.15, 0.2) is 59.5 Å². The van der Waals surface area contributed by atoms with Gasteiger partial charge in [-0.15, -0.1) is 11.8 Å². The van der Waals surface area contributed by atoms with Gasteiger partial charge in [-0.1, -0.05) is 42.5 Å². The molecule has 0 amide bonds. The fourth-order valence-corrected chi connectivity index (χ4v) is 4.88. The highest BCUT2D eigenvalue weighted by Crippen LogP contribution is 2.17. The molecule has 0 spiro atoms. The van der Waals surface area contributed by atoms with E-state index < -0.39 is 0 Å². The first-order valence-electron chi connectivity index (χ1n) is 11.2. The lowest BCUT2D eigenvalue weighted by molar-refractivity contribution is 0.0124. The Balaban J connectivity index is 1.22. The molecule has 30 heavy (non-hydrogen) atoms. The van der Waals surface area contributed by atoms with Gasteiger partial charge in [0.2, 0.25) is 0 Å². The molecule has 2 aliphatic rings. The van der Waals surface area contributed by atoms with Crippen molar-refractivity contribution >= 4 is 11.8 Å². The van der Waals surface area contributed by atoms with Crippen LogP contribution >= 0.6 is 11.8 Å². The van der Waals surface area contributed by atoms with Gasteiger partial charge in [0, 0.05) is 70.4 Å². The van der Waals surface area contributed by atoms with Gasteiger partial charge in [-0.05, 0) is 35.9 Å². The van der Waals surface area contributed by atoms with E-state index in [0.717, 1.165) is 71.9 Å². The number of rotatable bonds is 7. The van der Waals surface area contributed by atoms with Crippen molar-refractivity contribution in [1.29, 1.82) is 0 Å². The largest absolute Gasteiger partial charge is 0.376 e. The fourth-order valence-electron chi connectivity index (χ4n) is 4.47. The van der Waals surface area contributed by atoms with E-state index in [1.165, 1.54) is 16.0 Å². The molecule has 1 unspecified atom stereocenters. The maximum atomic E-state index is 6.22. The number of thioether (sulfide) groups is 1. The van der Waals surface area contributed by atoms with Crippen molar-refractivity contribution in [3.8, 4) is 0 Å². The van der Waals surface area contributed by atoms with Crippen LogP contribution in [0.3, 0.4) is 0 Å². The summed E-state index contributed by atoms with van der Waals surface area (Å²) >= 11 is 1.81. The highest BCUT2D eigenvalue weighted by atomic mass is 32.2. The van der Waals surface area contributed by atoms with Crippen molar-refractivity contribution in [1.82, 2.24) is 14.7 Å². The summed E-state index contributed by atoms with van der Waals surface area (Å²) in [7, 11) is 0. The molecule has 2 aliphatic heterocycles. The topological polar surface area (TPSA) is 19.0 Å². The van der Waals surface area contributed by atoms with E-state index >= 15 is 0 Å². The first-order chi connectivity index (χ1) is 14.8. The minimum atomic E-state index is 0.321. The fraction of sp³-hybridized carbons (Fsp3) is 0.520. The zero-order chi connectivity index (χ0) is 20.6. The summed E-state index contributed by atoms with van der Waals surface area (Å²) in [5, 5.41) is 0. The summed E-state index contributed by atoms with van der Waals surface area (Å²) in [5.41, 5.74) is 2.82. The van der Waals surface area contributed by atoms with Crippen LogP contribution in [-0.2, 0) is 17.8 Å². The van der Waals surface area contributed by atoms with Crippen LogP contribution in [0.2, 0.25) is 0 Å². The first kappa shape index (κ1) is 21.8. The maximum Gasteiger partial charge on any atom is 0.0828 e. The van der Waals surface area contributed by atoms with Crippen molar-refractivity contribution < 1.29 is 4.74 Å². The summed E-state index contributed by atoms with van der Waals surface area (Å²) in [5.74, 6) is 0. The molecular formula is C25H35N3OS. The van der Waals surface area contributed by atoms with Gasteiger partial charge in [0.1, 0.15) is 0 Å². The lowest BCUT2D eigenvalue weighted by Gasteiger charge is -2.36. The van der Waals surface area contributed by atoms with Crippen molar-refractivity contribution in [2.45, 2.75) is 30.5 Å². The van der Waals surface area contributed by atoms with Gasteiger partial charge < -0.3 is 4.74 Å². The molecule has 0 radical (unpaired) electrons. The third kappa shape index (κ3) is 6.56. The minimum absolute atomic E-state index is 0.321. The number of hydrogen-bond acceptors (Lipinski definition) is 5. The molecule has 2 saturated heterocycles. The molecule has 2 aromatic carbocycles. The summed E-state index contributed by atoms with van der Waals surface area (Å²) in [6, 6.07) is 19.9. The molecule has 2 fully saturated rings. The lowest BCUT2D eigenvalue weighted by Crippen LogP contribution is -2.49. The molecule has 1 atom stereocenters. The van der Waals surface area contributed by atoms with Gasteiger partial charge in [-0.25, -0.2) is 0 Å². The van der Waals surface area contributed by atoms with Crippen molar-refractivity contribution in [2.75, 3.05) is 58.7 Å². The molecule has 0 aliphatic carbocycles. The van der Waals surface area contributed by atoms with Crippen molar-refractivity contribution in [2.24, 2.45) is 0 Å². The second-order valence-electron chi connectivity index (χ2n) is 8.49. The molecule has 0 bridgehead atoms. The Kier molecular flexibility index (Phi) is 8.23. The molecule has 4 rings (SSSR count). The first-order valence-corrected chi connectivity index (χ1v) is 12.5. The van der Waals surface area contributed by atoms with Crippen LogP contribution in [-0.4, -0.2) is 79.5 Å². The number of hydrogen-bond donors (Lipinski definition) is 0. The number of nitrogens with zero attached hydrogens (tertiary/aromatic N) is 3. The van der Waals surface area contributed by atoms with Crippen LogP contribution in [0.1, 0.15) is 17.5 Å². The SMILES string of the molecule is CSc1ccc(CN2CCN(CC3CN(Cc4ccccc4)CCCO3)CC2)cc1. The number of benzene rings is 2. The van der Waals surface area contributed by atoms with E-state index in [4.69, 9.17) is 4.74 Å². The summed E-state index contributed by atoms with van der Waals surface area (Å²) in [4.78, 5) is 9.10. The Labute approximate surface area is 186 Å². The maximum absolute atomic E-state index is 6.22. The Morgan fingerprint density at radius 1 is 0.800 bits per heavy atom. The molecule has 0 N–H and O–H groups in total. The molecule has 2 heterocycles. The van der Waals surface area contributed by atoms with E-state index in [-0.39, 0.29) is 0 Å². The average Bonchev–Trinajstić information content (AvgIpc) is 3.01. The molecule has 4 nitrogen and oxygen atoms in total. The summed E-state index contributed by atoms with van der Waals surface area (Å²) in [6.45, 7) is 10.8. The molecule has 0 aromatic heterocycles. The van der Waals surface area contributed by atoms with Crippen molar-refractivity contribution in [3.05, 3.63) is 65.7 Å². The van der Waals surface area contributed by atoms with E-state index in [2.05, 4.69) is 75.6 Å². The third-order valence-electron chi connectivity index (χ3n) is 6.18. The van der Waals surface area contributed by atoms with Crippen LogP contribution in [0.25, 0.3) is 0 Å². The van der Waals surface area contributed by atoms with Gasteiger partial charge in [-0.3, -0.25) is 14.7 Å². The zero-order valence-corrected chi connectivity index (χ0v) is 19.0.